The Bertz CT molecular complexity index is 333. The van der Waals surface area contributed by atoms with E-state index in [1.54, 1.807) is 0 Å². The molecule has 0 aliphatic heterocycles. The van der Waals surface area contributed by atoms with Gasteiger partial charge in [-0.05, 0) is 38.9 Å². The highest BCUT2D eigenvalue weighted by Crippen LogP contribution is 2.11. The van der Waals surface area contributed by atoms with Crippen LogP contribution in [0.25, 0.3) is 0 Å². The highest BCUT2D eigenvalue weighted by Gasteiger charge is 2.03. The van der Waals surface area contributed by atoms with Crippen molar-refractivity contribution in [1.82, 2.24) is 10.2 Å². The third-order valence-electron chi connectivity index (χ3n) is 5.74. The molecule has 0 saturated heterocycles. The number of nitrogens with one attached hydrogen (secondary N) is 1. The third kappa shape index (κ3) is 21.9. The summed E-state index contributed by atoms with van der Waals surface area (Å²) < 4.78 is 5.36. The van der Waals surface area contributed by atoms with Crippen LogP contribution in [0.2, 0.25) is 0 Å². The Balaban J connectivity index is 3.21. The van der Waals surface area contributed by atoms with E-state index in [1.807, 2.05) is 0 Å². The van der Waals surface area contributed by atoms with E-state index >= 15 is 0 Å². The fraction of sp³-hybridized carbons (Fsp3) is 0.960. The summed E-state index contributed by atoms with van der Waals surface area (Å²) in [5, 5.41) is 3.49. The lowest BCUT2D eigenvalue weighted by atomic mass is 10.1. The molecule has 0 amide bonds. The Hall–Kier alpha value is -0.610. The van der Waals surface area contributed by atoms with E-state index in [2.05, 4.69) is 31.0 Å². The third-order valence-corrected chi connectivity index (χ3v) is 5.74. The van der Waals surface area contributed by atoms with Crippen molar-refractivity contribution < 1.29 is 9.53 Å². The average molecular weight is 413 g/mol. The van der Waals surface area contributed by atoms with Crippen LogP contribution in [0.3, 0.4) is 0 Å². The highest BCUT2D eigenvalue weighted by atomic mass is 16.5. The number of rotatable bonds is 23. The van der Waals surface area contributed by atoms with Gasteiger partial charge in [0.1, 0.15) is 0 Å². The number of hydrogen-bond donors (Lipinski definition) is 1. The summed E-state index contributed by atoms with van der Waals surface area (Å²) in [5.74, 6) is -0.00780. The van der Waals surface area contributed by atoms with Gasteiger partial charge in [0, 0.05) is 19.5 Å². The summed E-state index contributed by atoms with van der Waals surface area (Å²) in [6.45, 7) is 12.8. The van der Waals surface area contributed by atoms with Gasteiger partial charge in [-0.25, -0.2) is 0 Å². The lowest BCUT2D eigenvalue weighted by Crippen LogP contribution is -2.32. The molecule has 0 aromatic rings. The van der Waals surface area contributed by atoms with Crippen LogP contribution in [0.1, 0.15) is 117 Å². The minimum atomic E-state index is -0.00780. The van der Waals surface area contributed by atoms with Crippen molar-refractivity contribution in [1.29, 1.82) is 0 Å². The van der Waals surface area contributed by atoms with Crippen LogP contribution in [0.15, 0.2) is 0 Å². The topological polar surface area (TPSA) is 41.6 Å². The molecule has 1 N–H and O–H groups in total. The minimum Gasteiger partial charge on any atom is -0.466 e. The van der Waals surface area contributed by atoms with Crippen molar-refractivity contribution in [3.05, 3.63) is 0 Å². The van der Waals surface area contributed by atoms with Crippen molar-refractivity contribution in [2.24, 2.45) is 0 Å². The molecule has 0 bridgehead atoms. The van der Waals surface area contributed by atoms with Crippen LogP contribution in [0.5, 0.6) is 0 Å². The molecule has 0 atom stereocenters. The van der Waals surface area contributed by atoms with Gasteiger partial charge < -0.3 is 15.0 Å². The van der Waals surface area contributed by atoms with Gasteiger partial charge in [0.15, 0.2) is 0 Å². The largest absolute Gasteiger partial charge is 0.466 e. The molecule has 0 heterocycles. The van der Waals surface area contributed by atoms with Crippen molar-refractivity contribution in [3.63, 3.8) is 0 Å². The van der Waals surface area contributed by atoms with Gasteiger partial charge in [0.25, 0.3) is 0 Å². The van der Waals surface area contributed by atoms with E-state index in [9.17, 15) is 4.79 Å². The van der Waals surface area contributed by atoms with Crippen molar-refractivity contribution >= 4 is 5.97 Å². The molecule has 4 heteroatoms. The van der Waals surface area contributed by atoms with Crippen LogP contribution in [0.4, 0.5) is 0 Å². The molecule has 0 aliphatic carbocycles. The molecule has 0 aliphatic rings. The van der Waals surface area contributed by atoms with E-state index in [1.165, 1.54) is 64.2 Å². The molecule has 0 saturated carbocycles. The summed E-state index contributed by atoms with van der Waals surface area (Å²) in [5.41, 5.74) is 0. The van der Waals surface area contributed by atoms with Gasteiger partial charge in [-0.1, -0.05) is 91.4 Å². The fourth-order valence-corrected chi connectivity index (χ4v) is 3.62. The Morgan fingerprint density at radius 2 is 1.24 bits per heavy atom. The number of ether oxygens (including phenoxy) is 1. The molecule has 0 unspecified atom stereocenters. The van der Waals surface area contributed by atoms with Gasteiger partial charge in [-0.2, -0.15) is 0 Å². The zero-order chi connectivity index (χ0) is 21.4. The molecule has 4 nitrogen and oxygen atoms in total. The van der Waals surface area contributed by atoms with E-state index in [4.69, 9.17) is 4.74 Å². The van der Waals surface area contributed by atoms with Crippen molar-refractivity contribution in [2.45, 2.75) is 117 Å². The monoisotopic (exact) mass is 412 g/mol. The first-order valence-electron chi connectivity index (χ1n) is 12.8. The van der Waals surface area contributed by atoms with Gasteiger partial charge in [0.05, 0.1) is 6.61 Å². The number of hydrogen-bond acceptors (Lipinski definition) is 4. The van der Waals surface area contributed by atoms with Crippen LogP contribution in [-0.2, 0) is 9.53 Å². The smallest absolute Gasteiger partial charge is 0.305 e. The van der Waals surface area contributed by atoms with Crippen LogP contribution < -0.4 is 5.32 Å². The zero-order valence-corrected chi connectivity index (χ0v) is 20.1. The van der Waals surface area contributed by atoms with Crippen molar-refractivity contribution in [3.8, 4) is 0 Å². The first kappa shape index (κ1) is 28.4. The average Bonchev–Trinajstić information content (AvgIpc) is 2.73. The normalized spacial score (nSPS) is 11.3. The standard InChI is InChI=1S/C25H52N2O2/c1-4-7-8-9-10-11-12-13-14-15-19-24-29-25(28)20-17-16-18-21-26-22-23-27(5-2)6-3/h26H,4-24H2,1-3H3. The number of carbonyl (C=O) groups excluding carboxylic acids is 1. The lowest BCUT2D eigenvalue weighted by molar-refractivity contribution is -0.143. The quantitative estimate of drug-likeness (QED) is 0.157. The van der Waals surface area contributed by atoms with E-state index < -0.39 is 0 Å². The summed E-state index contributed by atoms with van der Waals surface area (Å²) >= 11 is 0. The SMILES string of the molecule is CCCCCCCCCCCCCOC(=O)CCCCCNCCN(CC)CC. The number of esters is 1. The second-order valence-electron chi connectivity index (χ2n) is 8.34. The second-order valence-corrected chi connectivity index (χ2v) is 8.34. The molecule has 0 radical (unpaired) electrons. The maximum Gasteiger partial charge on any atom is 0.305 e. The Morgan fingerprint density at radius 3 is 1.83 bits per heavy atom. The highest BCUT2D eigenvalue weighted by molar-refractivity contribution is 5.69. The molecule has 29 heavy (non-hydrogen) atoms. The number of likely N-dealkylation sites (N-methyl/N-ethyl adjacent to an activating group) is 1. The first-order valence-corrected chi connectivity index (χ1v) is 12.8. The molecular formula is C25H52N2O2. The number of nitrogens with zero attached hydrogens (tertiary/aromatic N) is 1. The Labute approximate surface area is 182 Å². The van der Waals surface area contributed by atoms with Crippen molar-refractivity contribution in [2.75, 3.05) is 39.3 Å². The summed E-state index contributed by atoms with van der Waals surface area (Å²) in [7, 11) is 0. The van der Waals surface area contributed by atoms with E-state index in [-0.39, 0.29) is 5.97 Å². The Kier molecular flexibility index (Phi) is 23.2. The molecule has 0 aromatic carbocycles. The van der Waals surface area contributed by atoms with Gasteiger partial charge in [0.2, 0.25) is 0 Å². The molecular weight excluding hydrogens is 360 g/mol. The molecule has 0 spiro atoms. The molecule has 174 valence electrons. The maximum absolute atomic E-state index is 11.8. The summed E-state index contributed by atoms with van der Waals surface area (Å²) in [6.07, 6.45) is 18.4. The molecule has 0 fully saturated rings. The molecule has 0 aromatic heterocycles. The Morgan fingerprint density at radius 1 is 0.690 bits per heavy atom. The summed E-state index contributed by atoms with van der Waals surface area (Å²) in [6, 6.07) is 0. The van der Waals surface area contributed by atoms with Crippen LogP contribution >= 0.6 is 0 Å². The number of carbonyl (C=O) groups is 1. The van der Waals surface area contributed by atoms with Gasteiger partial charge in [-0.15, -0.1) is 0 Å². The summed E-state index contributed by atoms with van der Waals surface area (Å²) in [4.78, 5) is 14.2. The second kappa shape index (κ2) is 23.7. The van der Waals surface area contributed by atoms with Crippen LogP contribution in [-0.4, -0.2) is 50.2 Å². The van der Waals surface area contributed by atoms with Gasteiger partial charge >= 0.3 is 5.97 Å². The predicted octanol–water partition coefficient (Wildman–Crippen LogP) is 6.33. The number of unbranched alkanes of at least 4 members (excludes halogenated alkanes) is 12. The lowest BCUT2D eigenvalue weighted by Gasteiger charge is -2.17. The predicted molar refractivity (Wildman–Crippen MR) is 127 cm³/mol. The fourth-order valence-electron chi connectivity index (χ4n) is 3.62. The zero-order valence-electron chi connectivity index (χ0n) is 20.1. The maximum atomic E-state index is 11.8. The van der Waals surface area contributed by atoms with Gasteiger partial charge in [-0.3, -0.25) is 4.79 Å². The van der Waals surface area contributed by atoms with Crippen LogP contribution in [0, 0.1) is 0 Å². The minimum absolute atomic E-state index is 0.00780. The molecule has 0 rings (SSSR count). The van der Waals surface area contributed by atoms with E-state index in [0.29, 0.717) is 13.0 Å². The first-order chi connectivity index (χ1) is 14.2. The van der Waals surface area contributed by atoms with E-state index in [0.717, 1.165) is 58.4 Å².